The number of nitrogens with one attached hydrogen (secondary N) is 1. The lowest BCUT2D eigenvalue weighted by molar-refractivity contribution is 0.140. The van der Waals surface area contributed by atoms with Gasteiger partial charge in [-0.3, -0.25) is 4.68 Å². The number of nitrogens with zero attached hydrogens (tertiary/aromatic N) is 3. The first-order chi connectivity index (χ1) is 7.36. The molecule has 0 spiro atoms. The molecule has 0 saturated carbocycles. The van der Waals surface area contributed by atoms with E-state index in [0.717, 1.165) is 45.0 Å². The van der Waals surface area contributed by atoms with Gasteiger partial charge in [-0.15, -0.1) is 5.10 Å². The van der Waals surface area contributed by atoms with Crippen LogP contribution in [0.4, 0.5) is 0 Å². The molecule has 0 bridgehead atoms. The Morgan fingerprint density at radius 3 is 3.07 bits per heavy atom. The molecule has 86 valence electrons. The predicted octanol–water partition coefficient (Wildman–Crippen LogP) is 0.814. The van der Waals surface area contributed by atoms with E-state index in [4.69, 9.17) is 4.74 Å². The first kappa shape index (κ1) is 12.1. The standard InChI is InChI=1S/C10H20N4O/c1-3-11-8-10-9-14(13-12-10)6-5-7-15-4-2/h9,11H,3-8H2,1-2H3. The summed E-state index contributed by atoms with van der Waals surface area (Å²) in [5.74, 6) is 0. The minimum Gasteiger partial charge on any atom is -0.382 e. The van der Waals surface area contributed by atoms with Crippen molar-refractivity contribution in [2.24, 2.45) is 0 Å². The maximum absolute atomic E-state index is 5.25. The average Bonchev–Trinajstić information content (AvgIpc) is 2.69. The molecule has 5 heteroatoms. The summed E-state index contributed by atoms with van der Waals surface area (Å²) in [4.78, 5) is 0. The van der Waals surface area contributed by atoms with Crippen LogP contribution in [0.3, 0.4) is 0 Å². The van der Waals surface area contributed by atoms with E-state index < -0.39 is 0 Å². The Bertz CT molecular complexity index is 262. The van der Waals surface area contributed by atoms with Crippen LogP contribution in [-0.2, 0) is 17.8 Å². The van der Waals surface area contributed by atoms with Gasteiger partial charge in [0.1, 0.15) is 0 Å². The van der Waals surface area contributed by atoms with Gasteiger partial charge in [-0.1, -0.05) is 12.1 Å². The fraction of sp³-hybridized carbons (Fsp3) is 0.800. The smallest absolute Gasteiger partial charge is 0.0964 e. The van der Waals surface area contributed by atoms with Crippen molar-refractivity contribution in [1.29, 1.82) is 0 Å². The molecular formula is C10H20N4O. The zero-order valence-corrected chi connectivity index (χ0v) is 9.57. The van der Waals surface area contributed by atoms with Crippen molar-refractivity contribution in [2.45, 2.75) is 33.4 Å². The molecule has 0 amide bonds. The number of hydrogen-bond donors (Lipinski definition) is 1. The van der Waals surface area contributed by atoms with Gasteiger partial charge in [0.2, 0.25) is 0 Å². The van der Waals surface area contributed by atoms with Gasteiger partial charge in [0.05, 0.1) is 5.69 Å². The monoisotopic (exact) mass is 212 g/mol. The molecule has 5 nitrogen and oxygen atoms in total. The Morgan fingerprint density at radius 1 is 1.47 bits per heavy atom. The van der Waals surface area contributed by atoms with Gasteiger partial charge in [-0.05, 0) is 19.9 Å². The van der Waals surface area contributed by atoms with Gasteiger partial charge < -0.3 is 10.1 Å². The Balaban J connectivity index is 2.20. The highest BCUT2D eigenvalue weighted by Gasteiger charge is 1.99. The average molecular weight is 212 g/mol. The van der Waals surface area contributed by atoms with Gasteiger partial charge in [-0.25, -0.2) is 0 Å². The van der Waals surface area contributed by atoms with Gasteiger partial charge in [-0.2, -0.15) is 0 Å². The summed E-state index contributed by atoms with van der Waals surface area (Å²) in [6.07, 6.45) is 2.96. The van der Waals surface area contributed by atoms with Crippen molar-refractivity contribution in [1.82, 2.24) is 20.3 Å². The van der Waals surface area contributed by atoms with Crippen LogP contribution < -0.4 is 5.32 Å². The molecule has 0 fully saturated rings. The zero-order chi connectivity index (χ0) is 10.9. The maximum Gasteiger partial charge on any atom is 0.0964 e. The van der Waals surface area contributed by atoms with Crippen LogP contribution in [0, 0.1) is 0 Å². The van der Waals surface area contributed by atoms with Gasteiger partial charge in [0.15, 0.2) is 0 Å². The van der Waals surface area contributed by atoms with Crippen molar-refractivity contribution in [2.75, 3.05) is 19.8 Å². The zero-order valence-electron chi connectivity index (χ0n) is 9.57. The largest absolute Gasteiger partial charge is 0.382 e. The first-order valence-electron chi connectivity index (χ1n) is 5.54. The highest BCUT2D eigenvalue weighted by Crippen LogP contribution is 1.94. The first-order valence-corrected chi connectivity index (χ1v) is 5.54. The number of hydrogen-bond acceptors (Lipinski definition) is 4. The molecule has 1 N–H and O–H groups in total. The van der Waals surface area contributed by atoms with E-state index in [1.807, 2.05) is 17.8 Å². The van der Waals surface area contributed by atoms with Crippen molar-refractivity contribution in [3.05, 3.63) is 11.9 Å². The van der Waals surface area contributed by atoms with Crippen molar-refractivity contribution in [3.63, 3.8) is 0 Å². The van der Waals surface area contributed by atoms with Crippen LogP contribution in [0.5, 0.6) is 0 Å². The number of aromatic nitrogens is 3. The fourth-order valence-electron chi connectivity index (χ4n) is 1.25. The van der Waals surface area contributed by atoms with Crippen molar-refractivity contribution >= 4 is 0 Å². The summed E-state index contributed by atoms with van der Waals surface area (Å²) < 4.78 is 7.12. The van der Waals surface area contributed by atoms with E-state index >= 15 is 0 Å². The van der Waals surface area contributed by atoms with E-state index in [2.05, 4.69) is 22.6 Å². The minimum atomic E-state index is 0.781. The van der Waals surface area contributed by atoms with E-state index in [1.54, 1.807) is 0 Å². The van der Waals surface area contributed by atoms with Gasteiger partial charge in [0.25, 0.3) is 0 Å². The number of rotatable bonds is 8. The van der Waals surface area contributed by atoms with Crippen LogP contribution in [0.15, 0.2) is 6.20 Å². The third-order valence-corrected chi connectivity index (χ3v) is 2.02. The van der Waals surface area contributed by atoms with E-state index in [9.17, 15) is 0 Å². The second-order valence-electron chi connectivity index (χ2n) is 3.30. The molecule has 0 aromatic carbocycles. The van der Waals surface area contributed by atoms with Crippen molar-refractivity contribution in [3.8, 4) is 0 Å². The molecule has 15 heavy (non-hydrogen) atoms. The van der Waals surface area contributed by atoms with Gasteiger partial charge >= 0.3 is 0 Å². The lowest BCUT2D eigenvalue weighted by Crippen LogP contribution is -2.11. The second kappa shape index (κ2) is 7.36. The van der Waals surface area contributed by atoms with E-state index in [1.165, 1.54) is 0 Å². The Hall–Kier alpha value is -0.940. The summed E-state index contributed by atoms with van der Waals surface area (Å²) >= 11 is 0. The summed E-state index contributed by atoms with van der Waals surface area (Å²) in [7, 11) is 0. The Labute approximate surface area is 90.8 Å². The molecule has 0 unspecified atom stereocenters. The van der Waals surface area contributed by atoms with Crippen LogP contribution in [0.2, 0.25) is 0 Å². The molecule has 0 radical (unpaired) electrons. The molecule has 0 aliphatic heterocycles. The molecule has 1 rings (SSSR count). The molecular weight excluding hydrogens is 192 g/mol. The van der Waals surface area contributed by atoms with Crippen LogP contribution in [0.1, 0.15) is 26.0 Å². The number of aryl methyl sites for hydroxylation is 1. The lowest BCUT2D eigenvalue weighted by atomic mass is 10.4. The topological polar surface area (TPSA) is 52.0 Å². The highest BCUT2D eigenvalue weighted by molar-refractivity contribution is 4.91. The maximum atomic E-state index is 5.25. The molecule has 1 heterocycles. The summed E-state index contributed by atoms with van der Waals surface area (Å²) in [6, 6.07) is 0. The lowest BCUT2D eigenvalue weighted by Gasteiger charge is -2.00. The Kier molecular flexibility index (Phi) is 5.96. The minimum absolute atomic E-state index is 0.781. The van der Waals surface area contributed by atoms with Crippen LogP contribution in [-0.4, -0.2) is 34.8 Å². The van der Waals surface area contributed by atoms with Gasteiger partial charge in [0, 0.05) is 32.5 Å². The second-order valence-corrected chi connectivity index (χ2v) is 3.30. The van der Waals surface area contributed by atoms with Crippen LogP contribution in [0.25, 0.3) is 0 Å². The summed E-state index contributed by atoms with van der Waals surface area (Å²) in [6.45, 7) is 8.27. The third-order valence-electron chi connectivity index (χ3n) is 2.02. The predicted molar refractivity (Wildman–Crippen MR) is 58.5 cm³/mol. The third kappa shape index (κ3) is 4.90. The van der Waals surface area contributed by atoms with Crippen LogP contribution >= 0.6 is 0 Å². The molecule has 0 aliphatic rings. The van der Waals surface area contributed by atoms with Crippen molar-refractivity contribution < 1.29 is 4.74 Å². The summed E-state index contributed by atoms with van der Waals surface area (Å²) in [5, 5.41) is 11.3. The molecule has 0 aliphatic carbocycles. The highest BCUT2D eigenvalue weighted by atomic mass is 16.5. The van der Waals surface area contributed by atoms with E-state index in [-0.39, 0.29) is 0 Å². The number of ether oxygens (including phenoxy) is 1. The molecule has 0 atom stereocenters. The Morgan fingerprint density at radius 2 is 2.33 bits per heavy atom. The summed E-state index contributed by atoms with van der Waals surface area (Å²) in [5.41, 5.74) is 0.994. The molecule has 0 saturated heterocycles. The van der Waals surface area contributed by atoms with E-state index in [0.29, 0.717) is 0 Å². The fourth-order valence-corrected chi connectivity index (χ4v) is 1.25. The quantitative estimate of drug-likeness (QED) is 0.648. The normalized spacial score (nSPS) is 10.8. The SMILES string of the molecule is CCNCc1cn(CCCOCC)nn1. The molecule has 1 aromatic heterocycles. The molecule has 1 aromatic rings.